The first-order valence-corrected chi connectivity index (χ1v) is 13.6. The standard InChI is InChI=1S/C32H30N4O7/c1-39-22-14-20(15-23(16-22)40-2)18-35-25-13-9-8-12-24(25)32(21-10-6-5-7-11-21)29(30(38)36(32)19-28(35)37)43-31-33-26(41-3)17-27(34-31)42-4/h5-17,29H,18-19H2,1-4H3. The Morgan fingerprint density at radius 3 is 2.05 bits per heavy atom. The maximum Gasteiger partial charge on any atom is 0.323 e. The van der Waals surface area contributed by atoms with Crippen LogP contribution in [0.2, 0.25) is 0 Å². The molecule has 4 aromatic rings. The molecule has 11 heteroatoms. The minimum atomic E-state index is -1.16. The van der Waals surface area contributed by atoms with Crippen molar-refractivity contribution < 1.29 is 33.3 Å². The van der Waals surface area contributed by atoms with Crippen molar-refractivity contribution in [2.24, 2.45) is 0 Å². The number of amides is 2. The average molecular weight is 583 g/mol. The number of para-hydroxylation sites is 1. The molecule has 6 rings (SSSR count). The minimum absolute atomic E-state index is 0.0853. The summed E-state index contributed by atoms with van der Waals surface area (Å²) in [5.74, 6) is 1.02. The Morgan fingerprint density at radius 2 is 1.42 bits per heavy atom. The molecule has 2 aliphatic rings. The van der Waals surface area contributed by atoms with E-state index in [1.807, 2.05) is 66.7 Å². The summed E-state index contributed by atoms with van der Waals surface area (Å²) in [6.45, 7) is 0.0453. The highest BCUT2D eigenvalue weighted by molar-refractivity contribution is 6.04. The second-order valence-electron chi connectivity index (χ2n) is 10.0. The fourth-order valence-electron chi connectivity index (χ4n) is 5.80. The van der Waals surface area contributed by atoms with Gasteiger partial charge >= 0.3 is 6.01 Å². The Balaban J connectivity index is 1.50. The summed E-state index contributed by atoms with van der Waals surface area (Å²) in [5.41, 5.74) is 1.78. The number of rotatable bonds is 9. The summed E-state index contributed by atoms with van der Waals surface area (Å²) >= 11 is 0. The molecule has 220 valence electrons. The second-order valence-corrected chi connectivity index (χ2v) is 10.0. The van der Waals surface area contributed by atoms with Crippen LogP contribution in [0.5, 0.6) is 29.3 Å². The number of methoxy groups -OCH3 is 4. The number of fused-ring (bicyclic) bond motifs is 3. The molecular formula is C32H30N4O7. The maximum atomic E-state index is 14.0. The van der Waals surface area contributed by atoms with Crippen molar-refractivity contribution in [2.75, 3.05) is 39.9 Å². The molecule has 1 aromatic heterocycles. The van der Waals surface area contributed by atoms with Crippen LogP contribution < -0.4 is 28.6 Å². The molecule has 3 aromatic carbocycles. The van der Waals surface area contributed by atoms with Crippen molar-refractivity contribution in [2.45, 2.75) is 18.2 Å². The lowest BCUT2D eigenvalue weighted by atomic mass is 9.69. The van der Waals surface area contributed by atoms with Gasteiger partial charge in [-0.05, 0) is 29.3 Å². The van der Waals surface area contributed by atoms with Gasteiger partial charge in [0.2, 0.25) is 23.8 Å². The lowest BCUT2D eigenvalue weighted by Gasteiger charge is -2.55. The van der Waals surface area contributed by atoms with Gasteiger partial charge in [-0.1, -0.05) is 48.5 Å². The number of benzene rings is 3. The number of nitrogens with zero attached hydrogens (tertiary/aromatic N) is 4. The van der Waals surface area contributed by atoms with E-state index in [-0.39, 0.29) is 42.7 Å². The maximum absolute atomic E-state index is 14.0. The first kappa shape index (κ1) is 27.8. The summed E-state index contributed by atoms with van der Waals surface area (Å²) in [4.78, 5) is 39.8. The molecule has 2 atom stereocenters. The van der Waals surface area contributed by atoms with Crippen LogP contribution in [0.15, 0.2) is 78.9 Å². The molecule has 1 saturated heterocycles. The highest BCUT2D eigenvalue weighted by atomic mass is 16.5. The van der Waals surface area contributed by atoms with Gasteiger partial charge in [0.25, 0.3) is 5.91 Å². The fourth-order valence-corrected chi connectivity index (χ4v) is 5.80. The number of hydrogen-bond acceptors (Lipinski definition) is 9. The van der Waals surface area contributed by atoms with Gasteiger partial charge in [0.05, 0.1) is 46.7 Å². The van der Waals surface area contributed by atoms with Crippen molar-refractivity contribution in [3.05, 3.63) is 95.6 Å². The number of aromatic nitrogens is 2. The van der Waals surface area contributed by atoms with Crippen LogP contribution in [0.4, 0.5) is 5.69 Å². The van der Waals surface area contributed by atoms with E-state index < -0.39 is 11.6 Å². The van der Waals surface area contributed by atoms with Crippen LogP contribution in [0, 0.1) is 0 Å². The van der Waals surface area contributed by atoms with Gasteiger partial charge in [-0.2, -0.15) is 9.97 Å². The van der Waals surface area contributed by atoms with Crippen molar-refractivity contribution in [3.63, 3.8) is 0 Å². The molecule has 0 radical (unpaired) electrons. The van der Waals surface area contributed by atoms with E-state index in [4.69, 9.17) is 23.7 Å². The lowest BCUT2D eigenvalue weighted by molar-refractivity contribution is -0.178. The Hall–Kier alpha value is -5.32. The predicted octanol–water partition coefficient (Wildman–Crippen LogP) is 3.59. The number of β-lactam (4-membered cyclic amide) rings is 1. The highest BCUT2D eigenvalue weighted by Gasteiger charge is 2.66. The number of ether oxygens (including phenoxy) is 5. The summed E-state index contributed by atoms with van der Waals surface area (Å²) < 4.78 is 27.8. The van der Waals surface area contributed by atoms with Crippen molar-refractivity contribution in [1.82, 2.24) is 14.9 Å². The van der Waals surface area contributed by atoms with Crippen molar-refractivity contribution in [1.29, 1.82) is 0 Å². The molecule has 1 fully saturated rings. The largest absolute Gasteiger partial charge is 0.497 e. The summed E-state index contributed by atoms with van der Waals surface area (Å²) in [6.07, 6.45) is -1.09. The third-order valence-electron chi connectivity index (χ3n) is 7.76. The molecule has 0 aliphatic carbocycles. The molecule has 3 heterocycles. The van der Waals surface area contributed by atoms with Crippen LogP contribution >= 0.6 is 0 Å². The number of carbonyl (C=O) groups excluding carboxylic acids is 2. The fraction of sp³-hybridized carbons (Fsp3) is 0.250. The quantitative estimate of drug-likeness (QED) is 0.273. The average Bonchev–Trinajstić information content (AvgIpc) is 3.15. The van der Waals surface area contributed by atoms with E-state index in [1.54, 1.807) is 30.1 Å². The number of hydrogen-bond donors (Lipinski definition) is 0. The third-order valence-corrected chi connectivity index (χ3v) is 7.76. The van der Waals surface area contributed by atoms with Gasteiger partial charge in [-0.25, -0.2) is 0 Å². The predicted molar refractivity (Wildman–Crippen MR) is 156 cm³/mol. The summed E-state index contributed by atoms with van der Waals surface area (Å²) in [5, 5.41) is 0. The van der Waals surface area contributed by atoms with Gasteiger partial charge in [0.15, 0.2) is 0 Å². The number of anilines is 1. The topological polar surface area (TPSA) is 113 Å². The first-order chi connectivity index (χ1) is 20.9. The Morgan fingerprint density at radius 1 is 0.791 bits per heavy atom. The van der Waals surface area contributed by atoms with Gasteiger partial charge < -0.3 is 33.5 Å². The lowest BCUT2D eigenvalue weighted by Crippen LogP contribution is -2.74. The zero-order valence-electron chi connectivity index (χ0n) is 24.1. The van der Waals surface area contributed by atoms with E-state index >= 15 is 0 Å². The molecule has 2 amide bonds. The van der Waals surface area contributed by atoms with E-state index in [0.29, 0.717) is 17.2 Å². The van der Waals surface area contributed by atoms with Gasteiger partial charge in [-0.3, -0.25) is 9.59 Å². The van der Waals surface area contributed by atoms with Crippen LogP contribution in [0.1, 0.15) is 16.7 Å². The van der Waals surface area contributed by atoms with Crippen molar-refractivity contribution >= 4 is 17.5 Å². The molecule has 43 heavy (non-hydrogen) atoms. The van der Waals surface area contributed by atoms with Gasteiger partial charge in [0, 0.05) is 11.6 Å². The van der Waals surface area contributed by atoms with Crippen LogP contribution in [-0.4, -0.2) is 67.8 Å². The molecule has 2 unspecified atom stereocenters. The molecule has 2 aliphatic heterocycles. The zero-order chi connectivity index (χ0) is 30.1. The minimum Gasteiger partial charge on any atom is -0.497 e. The Labute approximate surface area is 248 Å². The molecule has 0 saturated carbocycles. The first-order valence-electron chi connectivity index (χ1n) is 13.6. The monoisotopic (exact) mass is 582 g/mol. The Bertz CT molecular complexity index is 1640. The van der Waals surface area contributed by atoms with Gasteiger partial charge in [-0.15, -0.1) is 0 Å². The molecule has 0 spiro atoms. The molecular weight excluding hydrogens is 552 g/mol. The smallest absolute Gasteiger partial charge is 0.323 e. The highest BCUT2D eigenvalue weighted by Crippen LogP contribution is 2.53. The Kier molecular flexibility index (Phi) is 7.22. The number of carbonyl (C=O) groups is 2. The van der Waals surface area contributed by atoms with Crippen LogP contribution in [-0.2, 0) is 21.7 Å². The zero-order valence-corrected chi connectivity index (χ0v) is 24.1. The SMILES string of the molecule is COc1cc(CN2C(=O)CN3C(=O)C(Oc4nc(OC)cc(OC)n4)C3(c3ccccc3)c3ccccc32)cc(OC)c1. The molecule has 0 bridgehead atoms. The van der Waals surface area contributed by atoms with Gasteiger partial charge in [0.1, 0.15) is 23.6 Å². The van der Waals surface area contributed by atoms with Crippen molar-refractivity contribution in [3.8, 4) is 29.3 Å². The van der Waals surface area contributed by atoms with E-state index in [1.165, 1.54) is 20.3 Å². The normalized spacial score (nSPS) is 19.0. The third kappa shape index (κ3) is 4.62. The van der Waals surface area contributed by atoms with E-state index in [2.05, 4.69) is 9.97 Å². The van der Waals surface area contributed by atoms with E-state index in [0.717, 1.165) is 16.7 Å². The van der Waals surface area contributed by atoms with Crippen LogP contribution in [0.3, 0.4) is 0 Å². The van der Waals surface area contributed by atoms with Crippen LogP contribution in [0.25, 0.3) is 0 Å². The molecule has 11 nitrogen and oxygen atoms in total. The summed E-state index contributed by atoms with van der Waals surface area (Å²) in [6, 6.07) is 24.0. The molecule has 0 N–H and O–H groups in total. The van der Waals surface area contributed by atoms with E-state index in [9.17, 15) is 9.59 Å². The summed E-state index contributed by atoms with van der Waals surface area (Å²) in [7, 11) is 6.08. The second kappa shape index (κ2) is 11.2.